The van der Waals surface area contributed by atoms with Crippen LogP contribution in [0.5, 0.6) is 0 Å². The number of aliphatic hydroxyl groups excluding tert-OH is 4. The lowest BCUT2D eigenvalue weighted by Gasteiger charge is -2.07. The van der Waals surface area contributed by atoms with Gasteiger partial charge in [-0.25, -0.2) is 4.79 Å². The van der Waals surface area contributed by atoms with Gasteiger partial charge in [0.05, 0.1) is 59.5 Å². The van der Waals surface area contributed by atoms with Gasteiger partial charge in [-0.1, -0.05) is 6.58 Å². The summed E-state index contributed by atoms with van der Waals surface area (Å²) in [6, 6.07) is 0. The lowest BCUT2D eigenvalue weighted by atomic mass is 10.4. The molecule has 9 nitrogen and oxygen atoms in total. The Bertz CT molecular complexity index is 293. The Morgan fingerprint density at radius 3 is 1.62 bits per heavy atom. The van der Waals surface area contributed by atoms with E-state index in [1.54, 1.807) is 6.92 Å². The first kappa shape index (κ1) is 25.2. The van der Waals surface area contributed by atoms with Crippen molar-refractivity contribution in [1.29, 1.82) is 0 Å². The minimum Gasteiger partial charge on any atom is -0.460 e. The predicted molar refractivity (Wildman–Crippen MR) is 85.5 cm³/mol. The molecule has 0 aliphatic carbocycles. The Morgan fingerprint density at radius 1 is 0.875 bits per heavy atom. The molecule has 0 bridgehead atoms. The molecule has 0 rings (SSSR count). The third-order valence-electron chi connectivity index (χ3n) is 2.21. The maximum absolute atomic E-state index is 11.0. The molecule has 0 heterocycles. The van der Waals surface area contributed by atoms with Crippen LogP contribution < -0.4 is 0 Å². The highest BCUT2D eigenvalue weighted by atomic mass is 16.6. The van der Waals surface area contributed by atoms with Gasteiger partial charge in [-0.15, -0.1) is 0 Å². The van der Waals surface area contributed by atoms with Gasteiger partial charge in [-0.2, -0.15) is 0 Å². The van der Waals surface area contributed by atoms with Crippen LogP contribution >= 0.6 is 0 Å². The van der Waals surface area contributed by atoms with Crippen LogP contribution in [0.15, 0.2) is 12.2 Å². The summed E-state index contributed by atoms with van der Waals surface area (Å²) in [5, 5.41) is 32.5. The fraction of sp³-hybridized carbons (Fsp3) is 0.800. The first-order valence-electron chi connectivity index (χ1n) is 7.56. The van der Waals surface area contributed by atoms with Crippen LogP contribution in [0.3, 0.4) is 0 Å². The van der Waals surface area contributed by atoms with Crippen molar-refractivity contribution >= 4 is 5.97 Å². The molecule has 0 fully saturated rings. The number of hydrogen-bond acceptors (Lipinski definition) is 9. The number of carbonyl (C=O) groups excluding carboxylic acids is 1. The molecule has 0 radical (unpaired) electrons. The summed E-state index contributed by atoms with van der Waals surface area (Å²) in [5.41, 5.74) is 0.376. The highest BCUT2D eigenvalue weighted by Gasteiger charge is 2.01. The van der Waals surface area contributed by atoms with E-state index < -0.39 is 12.1 Å². The van der Waals surface area contributed by atoms with E-state index in [-0.39, 0.29) is 26.4 Å². The smallest absolute Gasteiger partial charge is 0.333 e. The standard InChI is InChI=1S/C12H22O6.C3H8O3/c1-11(2)12(14)18-10-9-17-8-7-16-6-5-15-4-3-13;4-1-3(6)2-5/h13H,1,3-10H2,2H3;3-6H,1-2H2. The normalized spacial score (nSPS) is 10.2. The number of esters is 1. The average molecular weight is 354 g/mol. The van der Waals surface area contributed by atoms with Gasteiger partial charge in [0.1, 0.15) is 12.7 Å². The molecule has 0 spiro atoms. The quantitative estimate of drug-likeness (QED) is 0.167. The minimum atomic E-state index is -0.954. The first-order valence-corrected chi connectivity index (χ1v) is 7.56. The van der Waals surface area contributed by atoms with Crippen molar-refractivity contribution in [3.05, 3.63) is 12.2 Å². The lowest BCUT2D eigenvalue weighted by Crippen LogP contribution is -2.15. The van der Waals surface area contributed by atoms with Gasteiger partial charge < -0.3 is 39.4 Å². The SMILES string of the molecule is C=C(C)C(=O)OCCOCCOCCOCCO.OCC(O)CO. The zero-order chi connectivity index (χ0) is 18.6. The second-order valence-electron chi connectivity index (χ2n) is 4.50. The van der Waals surface area contributed by atoms with E-state index in [2.05, 4.69) is 6.58 Å². The van der Waals surface area contributed by atoms with Crippen LogP contribution in [0, 0.1) is 0 Å². The summed E-state index contributed by atoms with van der Waals surface area (Å²) in [4.78, 5) is 11.0. The number of hydrogen-bond donors (Lipinski definition) is 4. The van der Waals surface area contributed by atoms with Crippen molar-refractivity contribution in [1.82, 2.24) is 0 Å². The molecule has 0 aliphatic rings. The van der Waals surface area contributed by atoms with Gasteiger partial charge >= 0.3 is 5.97 Å². The molecule has 0 atom stereocenters. The minimum absolute atomic E-state index is 0.0199. The van der Waals surface area contributed by atoms with Crippen molar-refractivity contribution in [3.8, 4) is 0 Å². The third-order valence-corrected chi connectivity index (χ3v) is 2.21. The zero-order valence-electron chi connectivity index (χ0n) is 14.2. The molecule has 9 heteroatoms. The van der Waals surface area contributed by atoms with Crippen LogP contribution in [-0.4, -0.2) is 98.6 Å². The Kier molecular flexibility index (Phi) is 21.0. The fourth-order valence-corrected chi connectivity index (χ4v) is 0.981. The summed E-state index contributed by atoms with van der Waals surface area (Å²) < 4.78 is 20.2. The monoisotopic (exact) mass is 354 g/mol. The molecule has 0 aliphatic heterocycles. The van der Waals surface area contributed by atoms with Crippen LogP contribution in [0.25, 0.3) is 0 Å². The van der Waals surface area contributed by atoms with E-state index in [1.165, 1.54) is 0 Å². The van der Waals surface area contributed by atoms with Gasteiger partial charge in [-0.05, 0) is 6.92 Å². The van der Waals surface area contributed by atoms with E-state index in [0.717, 1.165) is 0 Å². The van der Waals surface area contributed by atoms with Crippen LogP contribution in [0.2, 0.25) is 0 Å². The fourth-order valence-electron chi connectivity index (χ4n) is 0.981. The van der Waals surface area contributed by atoms with E-state index in [0.29, 0.717) is 45.2 Å². The summed E-state index contributed by atoms with van der Waals surface area (Å²) in [5.74, 6) is -0.407. The van der Waals surface area contributed by atoms with E-state index >= 15 is 0 Å². The predicted octanol–water partition coefficient (Wildman–Crippen LogP) is -1.52. The second kappa shape index (κ2) is 20.0. The third kappa shape index (κ3) is 20.9. The van der Waals surface area contributed by atoms with E-state index in [9.17, 15) is 4.79 Å². The van der Waals surface area contributed by atoms with Gasteiger partial charge in [0.2, 0.25) is 0 Å². The van der Waals surface area contributed by atoms with Crippen molar-refractivity contribution in [2.24, 2.45) is 0 Å². The van der Waals surface area contributed by atoms with Crippen LogP contribution in [0.1, 0.15) is 6.92 Å². The molecule has 0 amide bonds. The van der Waals surface area contributed by atoms with Gasteiger partial charge in [0.25, 0.3) is 0 Å². The molecule has 144 valence electrons. The second-order valence-corrected chi connectivity index (χ2v) is 4.50. The highest BCUT2D eigenvalue weighted by molar-refractivity contribution is 5.86. The molecule has 24 heavy (non-hydrogen) atoms. The Hall–Kier alpha value is -1.07. The summed E-state index contributed by atoms with van der Waals surface area (Å²) in [6.07, 6.45) is -0.954. The molecule has 0 saturated carbocycles. The molecular weight excluding hydrogens is 324 g/mol. The number of rotatable bonds is 14. The largest absolute Gasteiger partial charge is 0.460 e. The summed E-state index contributed by atoms with van der Waals surface area (Å²) in [7, 11) is 0. The Labute approximate surface area is 142 Å². The maximum atomic E-state index is 11.0. The Morgan fingerprint density at radius 2 is 1.29 bits per heavy atom. The number of aliphatic hydroxyl groups is 4. The van der Waals surface area contributed by atoms with Crippen molar-refractivity contribution in [3.63, 3.8) is 0 Å². The van der Waals surface area contributed by atoms with Crippen LogP contribution in [-0.2, 0) is 23.7 Å². The number of ether oxygens (including phenoxy) is 4. The lowest BCUT2D eigenvalue weighted by molar-refractivity contribution is -0.140. The molecular formula is C15H30O9. The maximum Gasteiger partial charge on any atom is 0.333 e. The van der Waals surface area contributed by atoms with Gasteiger partial charge in [0, 0.05) is 5.57 Å². The van der Waals surface area contributed by atoms with E-state index in [1.807, 2.05) is 0 Å². The molecule has 0 aromatic heterocycles. The van der Waals surface area contributed by atoms with Crippen molar-refractivity contribution in [2.45, 2.75) is 13.0 Å². The van der Waals surface area contributed by atoms with Crippen molar-refractivity contribution < 1.29 is 44.2 Å². The Balaban J connectivity index is 0. The van der Waals surface area contributed by atoms with E-state index in [4.69, 9.17) is 39.4 Å². The molecule has 4 N–H and O–H groups in total. The van der Waals surface area contributed by atoms with Crippen molar-refractivity contribution in [2.75, 3.05) is 66.1 Å². The van der Waals surface area contributed by atoms with Crippen LogP contribution in [0.4, 0.5) is 0 Å². The van der Waals surface area contributed by atoms with Gasteiger partial charge in [0.15, 0.2) is 0 Å². The average Bonchev–Trinajstić information content (AvgIpc) is 2.59. The zero-order valence-corrected chi connectivity index (χ0v) is 14.2. The topological polar surface area (TPSA) is 135 Å². The first-order chi connectivity index (χ1) is 11.5. The summed E-state index contributed by atoms with van der Waals surface area (Å²) in [6.45, 7) is 7.04. The highest BCUT2D eigenvalue weighted by Crippen LogP contribution is 1.91. The van der Waals surface area contributed by atoms with Gasteiger partial charge in [-0.3, -0.25) is 0 Å². The number of carbonyl (C=O) groups is 1. The summed E-state index contributed by atoms with van der Waals surface area (Å²) >= 11 is 0. The molecule has 0 aromatic carbocycles. The molecule has 0 saturated heterocycles. The molecule has 0 aromatic rings. The molecule has 0 unspecified atom stereocenters.